The standard InChI is InChI=1S/C29H29N7O/c1-18(31-26-15-21(37-3)14-20-9-6-12-30-29(20)26)8-7-13-36-17-27(34-35-36)25-16-23-22-10-4-5-11-24(22)33-28(23)19(2)32-25/h4-6,9-12,14-18,31,33H,7-8,13H2,1-3H3. The van der Waals surface area contributed by atoms with Crippen LogP contribution in [0.25, 0.3) is 44.1 Å². The van der Waals surface area contributed by atoms with E-state index >= 15 is 0 Å². The van der Waals surface area contributed by atoms with Crippen molar-refractivity contribution in [3.05, 3.63) is 72.7 Å². The summed E-state index contributed by atoms with van der Waals surface area (Å²) in [5.41, 5.74) is 6.70. The van der Waals surface area contributed by atoms with Crippen LogP contribution in [0.15, 0.2) is 67.0 Å². The van der Waals surface area contributed by atoms with E-state index < -0.39 is 0 Å². The largest absolute Gasteiger partial charge is 0.497 e. The molecule has 8 nitrogen and oxygen atoms in total. The average molecular weight is 492 g/mol. The molecule has 186 valence electrons. The zero-order chi connectivity index (χ0) is 25.4. The Hall–Kier alpha value is -4.46. The van der Waals surface area contributed by atoms with E-state index in [2.05, 4.69) is 62.9 Å². The Kier molecular flexibility index (Phi) is 5.92. The number of aryl methyl sites for hydroxylation is 2. The van der Waals surface area contributed by atoms with Crippen LogP contribution in [0.5, 0.6) is 5.75 Å². The number of ether oxygens (including phenoxy) is 1. The molecule has 4 aromatic heterocycles. The van der Waals surface area contributed by atoms with Crippen LogP contribution < -0.4 is 10.1 Å². The lowest BCUT2D eigenvalue weighted by Gasteiger charge is -2.17. The Morgan fingerprint density at radius 2 is 1.95 bits per heavy atom. The number of nitrogens with zero attached hydrogens (tertiary/aromatic N) is 5. The molecular formula is C29H29N7O. The molecule has 0 aliphatic carbocycles. The fourth-order valence-corrected chi connectivity index (χ4v) is 4.95. The van der Waals surface area contributed by atoms with Gasteiger partial charge in [-0.25, -0.2) is 4.98 Å². The Balaban J connectivity index is 1.13. The summed E-state index contributed by atoms with van der Waals surface area (Å²) in [5, 5.41) is 15.8. The molecule has 2 aromatic carbocycles. The van der Waals surface area contributed by atoms with Gasteiger partial charge in [0.15, 0.2) is 0 Å². The molecule has 8 heteroatoms. The van der Waals surface area contributed by atoms with E-state index in [1.54, 1.807) is 7.11 Å². The van der Waals surface area contributed by atoms with Crippen LogP contribution in [0.3, 0.4) is 0 Å². The molecule has 0 radical (unpaired) electrons. The van der Waals surface area contributed by atoms with Gasteiger partial charge in [0.25, 0.3) is 0 Å². The molecule has 0 fully saturated rings. The third kappa shape index (κ3) is 4.46. The fraction of sp³-hybridized carbons (Fsp3) is 0.241. The molecule has 0 saturated heterocycles. The van der Waals surface area contributed by atoms with E-state index in [0.29, 0.717) is 0 Å². The van der Waals surface area contributed by atoms with Crippen LogP contribution >= 0.6 is 0 Å². The van der Waals surface area contributed by atoms with Crippen molar-refractivity contribution in [1.82, 2.24) is 29.9 Å². The first kappa shape index (κ1) is 23.0. The van der Waals surface area contributed by atoms with Crippen molar-refractivity contribution >= 4 is 38.4 Å². The van der Waals surface area contributed by atoms with Crippen molar-refractivity contribution in [2.45, 2.75) is 39.3 Å². The van der Waals surface area contributed by atoms with Crippen molar-refractivity contribution < 1.29 is 4.74 Å². The predicted molar refractivity (Wildman–Crippen MR) is 148 cm³/mol. The monoisotopic (exact) mass is 491 g/mol. The maximum Gasteiger partial charge on any atom is 0.131 e. The number of fused-ring (bicyclic) bond motifs is 4. The minimum atomic E-state index is 0.258. The average Bonchev–Trinajstić information content (AvgIpc) is 3.54. The van der Waals surface area contributed by atoms with Crippen LogP contribution in [0.2, 0.25) is 0 Å². The minimum absolute atomic E-state index is 0.258. The van der Waals surface area contributed by atoms with Crippen molar-refractivity contribution in [2.75, 3.05) is 12.4 Å². The smallest absolute Gasteiger partial charge is 0.131 e. The Bertz CT molecular complexity index is 1720. The normalized spacial score (nSPS) is 12.4. The summed E-state index contributed by atoms with van der Waals surface area (Å²) in [6.07, 6.45) is 5.74. The van der Waals surface area contributed by atoms with Crippen molar-refractivity contribution in [2.24, 2.45) is 0 Å². The number of rotatable bonds is 8. The number of hydrogen-bond acceptors (Lipinski definition) is 6. The first-order valence-corrected chi connectivity index (χ1v) is 12.6. The minimum Gasteiger partial charge on any atom is -0.497 e. The van der Waals surface area contributed by atoms with Gasteiger partial charge in [0, 0.05) is 46.5 Å². The highest BCUT2D eigenvalue weighted by atomic mass is 16.5. The molecule has 1 unspecified atom stereocenters. The van der Waals surface area contributed by atoms with E-state index in [9.17, 15) is 0 Å². The van der Waals surface area contributed by atoms with E-state index in [4.69, 9.17) is 9.72 Å². The van der Waals surface area contributed by atoms with Gasteiger partial charge >= 0.3 is 0 Å². The number of aromatic amines is 1. The van der Waals surface area contributed by atoms with Gasteiger partial charge in [0.2, 0.25) is 0 Å². The van der Waals surface area contributed by atoms with E-state index in [1.165, 1.54) is 5.39 Å². The molecule has 6 rings (SSSR count). The van der Waals surface area contributed by atoms with E-state index in [0.717, 1.165) is 75.2 Å². The number of benzene rings is 2. The van der Waals surface area contributed by atoms with Crippen molar-refractivity contribution in [1.29, 1.82) is 0 Å². The molecule has 0 saturated carbocycles. The topological polar surface area (TPSA) is 93.5 Å². The molecule has 6 aromatic rings. The molecular weight excluding hydrogens is 462 g/mol. The molecule has 0 amide bonds. The number of H-pyrrole nitrogens is 1. The lowest BCUT2D eigenvalue weighted by molar-refractivity contribution is 0.415. The van der Waals surface area contributed by atoms with E-state index in [1.807, 2.05) is 48.3 Å². The summed E-state index contributed by atoms with van der Waals surface area (Å²) in [6, 6.07) is 18.7. The number of hydrogen-bond donors (Lipinski definition) is 2. The SMILES string of the molecule is COc1cc(NC(C)CCCn2cc(-c3cc4c([nH]c5ccccc54)c(C)n3)nn2)c2ncccc2c1. The molecule has 0 aliphatic rings. The molecule has 0 bridgehead atoms. The molecule has 0 spiro atoms. The third-order valence-electron chi connectivity index (χ3n) is 6.82. The molecule has 0 aliphatic heterocycles. The van der Waals surface area contributed by atoms with Gasteiger partial charge < -0.3 is 15.0 Å². The first-order valence-electron chi connectivity index (χ1n) is 12.6. The summed E-state index contributed by atoms with van der Waals surface area (Å²) >= 11 is 0. The third-order valence-corrected chi connectivity index (χ3v) is 6.82. The quantitative estimate of drug-likeness (QED) is 0.266. The number of para-hydroxylation sites is 1. The summed E-state index contributed by atoms with van der Waals surface area (Å²) < 4.78 is 7.38. The van der Waals surface area contributed by atoms with E-state index in [-0.39, 0.29) is 6.04 Å². The number of aromatic nitrogens is 6. The van der Waals surface area contributed by atoms with Crippen molar-refractivity contribution in [3.8, 4) is 17.1 Å². The number of pyridine rings is 2. The zero-order valence-corrected chi connectivity index (χ0v) is 21.2. The Morgan fingerprint density at radius 3 is 2.84 bits per heavy atom. The van der Waals surface area contributed by atoms with Gasteiger partial charge in [0.05, 0.1) is 41.4 Å². The number of nitrogens with one attached hydrogen (secondary N) is 2. The van der Waals surface area contributed by atoms with Crippen LogP contribution in [-0.2, 0) is 6.54 Å². The second-order valence-corrected chi connectivity index (χ2v) is 9.49. The Morgan fingerprint density at radius 1 is 1.05 bits per heavy atom. The lowest BCUT2D eigenvalue weighted by Crippen LogP contribution is -2.16. The highest BCUT2D eigenvalue weighted by Gasteiger charge is 2.13. The van der Waals surface area contributed by atoms with Crippen molar-refractivity contribution in [3.63, 3.8) is 0 Å². The summed E-state index contributed by atoms with van der Waals surface area (Å²) in [7, 11) is 1.69. The van der Waals surface area contributed by atoms with Crippen LogP contribution in [-0.4, -0.2) is 43.1 Å². The maximum absolute atomic E-state index is 5.48. The Labute approximate surface area is 214 Å². The fourth-order valence-electron chi connectivity index (χ4n) is 4.95. The first-order chi connectivity index (χ1) is 18.1. The number of methoxy groups -OCH3 is 1. The van der Waals surface area contributed by atoms with Gasteiger partial charge in [-0.1, -0.05) is 29.5 Å². The van der Waals surface area contributed by atoms with Gasteiger partial charge in [-0.15, -0.1) is 5.10 Å². The second-order valence-electron chi connectivity index (χ2n) is 9.49. The molecule has 2 N–H and O–H groups in total. The summed E-state index contributed by atoms with van der Waals surface area (Å²) in [5.74, 6) is 0.819. The lowest BCUT2D eigenvalue weighted by atomic mass is 10.1. The van der Waals surface area contributed by atoms with Crippen LogP contribution in [0.4, 0.5) is 5.69 Å². The number of anilines is 1. The van der Waals surface area contributed by atoms with Gasteiger partial charge in [0.1, 0.15) is 11.4 Å². The molecule has 37 heavy (non-hydrogen) atoms. The highest BCUT2D eigenvalue weighted by molar-refractivity contribution is 6.08. The van der Waals surface area contributed by atoms with Gasteiger partial charge in [-0.3, -0.25) is 9.67 Å². The van der Waals surface area contributed by atoms with Gasteiger partial charge in [-0.2, -0.15) is 0 Å². The van der Waals surface area contributed by atoms with Gasteiger partial charge in [-0.05, 0) is 51.0 Å². The summed E-state index contributed by atoms with van der Waals surface area (Å²) in [6.45, 7) is 5.00. The molecule has 4 heterocycles. The second kappa shape index (κ2) is 9.54. The molecule has 1 atom stereocenters. The zero-order valence-electron chi connectivity index (χ0n) is 21.2. The van der Waals surface area contributed by atoms with Crippen LogP contribution in [0.1, 0.15) is 25.5 Å². The maximum atomic E-state index is 5.48. The van der Waals surface area contributed by atoms with Crippen LogP contribution in [0, 0.1) is 6.92 Å². The highest BCUT2D eigenvalue weighted by Crippen LogP contribution is 2.30. The summed E-state index contributed by atoms with van der Waals surface area (Å²) in [4.78, 5) is 12.8. The predicted octanol–water partition coefficient (Wildman–Crippen LogP) is 6.12.